The number of rotatable bonds is 2. The van der Waals surface area contributed by atoms with Crippen LogP contribution in [0.4, 0.5) is 0 Å². The Balaban J connectivity index is 1.79. The second kappa shape index (κ2) is 4.12. The van der Waals surface area contributed by atoms with Gasteiger partial charge in [-0.3, -0.25) is 0 Å². The summed E-state index contributed by atoms with van der Waals surface area (Å²) in [6.07, 6.45) is 1.43. The van der Waals surface area contributed by atoms with E-state index in [1.807, 2.05) is 6.92 Å². The first-order chi connectivity index (χ1) is 8.52. The van der Waals surface area contributed by atoms with E-state index in [1.54, 1.807) is 17.5 Å². The van der Waals surface area contributed by atoms with Crippen LogP contribution in [-0.4, -0.2) is 33.3 Å². The largest absolute Gasteiger partial charge is 0.592 e. The first-order valence-corrected chi connectivity index (χ1v) is 8.09. The molecule has 2 unspecified atom stereocenters. The quantitative estimate of drug-likeness (QED) is 0.780. The molecule has 18 heavy (non-hydrogen) atoms. The highest BCUT2D eigenvalue weighted by molar-refractivity contribution is 7.97. The lowest BCUT2D eigenvalue weighted by molar-refractivity contribution is -0.00603. The van der Waals surface area contributed by atoms with Gasteiger partial charge in [0.25, 0.3) is 0 Å². The van der Waals surface area contributed by atoms with Gasteiger partial charge in [-0.1, -0.05) is 20.7 Å². The molecular formula is C11H14N2O3S2. The molecule has 0 N–H and O–H groups in total. The van der Waals surface area contributed by atoms with Crippen LogP contribution in [0.2, 0.25) is 0 Å². The predicted octanol–water partition coefficient (Wildman–Crippen LogP) is 1.89. The molecule has 1 aromatic rings. The van der Waals surface area contributed by atoms with Crippen molar-refractivity contribution in [3.8, 4) is 0 Å². The lowest BCUT2D eigenvalue weighted by atomic mass is 9.97. The van der Waals surface area contributed by atoms with Crippen LogP contribution >= 0.6 is 11.3 Å². The monoisotopic (exact) mass is 286 g/mol. The van der Waals surface area contributed by atoms with Crippen molar-refractivity contribution in [1.29, 1.82) is 0 Å². The molecule has 1 aromatic heterocycles. The van der Waals surface area contributed by atoms with Crippen molar-refractivity contribution in [2.24, 2.45) is 5.16 Å². The Hall–Kier alpha value is -0.760. The first kappa shape index (κ1) is 12.3. The first-order valence-electron chi connectivity index (χ1n) is 5.77. The molecule has 3 heterocycles. The summed E-state index contributed by atoms with van der Waals surface area (Å²) in [6, 6.07) is 3.39. The predicted molar refractivity (Wildman–Crippen MR) is 69.1 cm³/mol. The van der Waals surface area contributed by atoms with Crippen LogP contribution in [0.25, 0.3) is 0 Å². The van der Waals surface area contributed by atoms with E-state index in [1.165, 1.54) is 15.6 Å². The average Bonchev–Trinajstić information content (AvgIpc) is 3.03. The maximum absolute atomic E-state index is 12.4. The van der Waals surface area contributed by atoms with Crippen LogP contribution in [0.5, 0.6) is 0 Å². The highest BCUT2D eigenvalue weighted by Gasteiger charge is 2.50. The third kappa shape index (κ3) is 1.91. The second-order valence-electron chi connectivity index (χ2n) is 4.80. The zero-order valence-electron chi connectivity index (χ0n) is 10.00. The Morgan fingerprint density at radius 3 is 3.11 bits per heavy atom. The number of sulfonamides is 1. The fourth-order valence-electron chi connectivity index (χ4n) is 2.47. The van der Waals surface area contributed by atoms with E-state index in [0.717, 1.165) is 12.1 Å². The summed E-state index contributed by atoms with van der Waals surface area (Å²) in [5.41, 5.74) is 0.513. The van der Waals surface area contributed by atoms with Crippen molar-refractivity contribution in [2.45, 2.75) is 29.6 Å². The maximum Gasteiger partial charge on any atom is 0.229 e. The Bertz CT molecular complexity index is 528. The zero-order chi connectivity index (χ0) is 12.8. The van der Waals surface area contributed by atoms with Gasteiger partial charge in [-0.25, -0.2) is 0 Å². The molecule has 1 spiro atoms. The SMILES string of the molecule is CC1=NOC2(CCN([S+](=O)([O-])c3cccs3)C2)C1. The lowest BCUT2D eigenvalue weighted by Crippen LogP contribution is -2.39. The minimum Gasteiger partial charge on any atom is -0.592 e. The molecule has 1 fully saturated rings. The topological polar surface area (TPSA) is 65.0 Å². The standard InChI is InChI=1S/C11H14N2O3S2/c1-9-7-11(16-12-9)4-5-13(8-11)18(14,15)10-3-2-6-17-10/h2-3,6H,4-5,7-8H2,1H3. The molecule has 2 aliphatic rings. The zero-order valence-corrected chi connectivity index (χ0v) is 11.6. The summed E-state index contributed by atoms with van der Waals surface area (Å²) in [6.45, 7) is 2.81. The number of hydrogen-bond donors (Lipinski definition) is 0. The molecule has 2 atom stereocenters. The number of thiophene rings is 1. The summed E-state index contributed by atoms with van der Waals surface area (Å²) < 4.78 is 26.6. The molecule has 2 aliphatic heterocycles. The van der Waals surface area contributed by atoms with E-state index in [2.05, 4.69) is 5.16 Å². The minimum absolute atomic E-state index is 0.397. The molecule has 7 heteroatoms. The molecule has 5 nitrogen and oxygen atoms in total. The molecule has 0 aromatic carbocycles. The fraction of sp³-hybridized carbons (Fsp3) is 0.545. The van der Waals surface area contributed by atoms with Gasteiger partial charge in [-0.15, -0.1) is 4.31 Å². The molecule has 3 rings (SSSR count). The van der Waals surface area contributed by atoms with Crippen molar-refractivity contribution in [1.82, 2.24) is 4.31 Å². The van der Waals surface area contributed by atoms with E-state index >= 15 is 0 Å². The van der Waals surface area contributed by atoms with E-state index in [0.29, 0.717) is 23.7 Å². The highest BCUT2D eigenvalue weighted by Crippen LogP contribution is 2.38. The summed E-state index contributed by atoms with van der Waals surface area (Å²) in [5.74, 6) is 0. The second-order valence-corrected chi connectivity index (χ2v) is 7.91. The Labute approximate surface area is 111 Å². The van der Waals surface area contributed by atoms with Gasteiger partial charge in [0.15, 0.2) is 16.0 Å². The molecule has 0 saturated carbocycles. The lowest BCUT2D eigenvalue weighted by Gasteiger charge is -2.24. The van der Waals surface area contributed by atoms with E-state index in [4.69, 9.17) is 4.84 Å². The number of hydrogen-bond acceptors (Lipinski definition) is 5. The van der Waals surface area contributed by atoms with Crippen LogP contribution in [0, 0.1) is 0 Å². The van der Waals surface area contributed by atoms with Crippen LogP contribution in [0.15, 0.2) is 26.9 Å². The van der Waals surface area contributed by atoms with Crippen LogP contribution in [0.1, 0.15) is 19.8 Å². The Morgan fingerprint density at radius 1 is 1.67 bits per heavy atom. The van der Waals surface area contributed by atoms with Crippen molar-refractivity contribution >= 4 is 27.4 Å². The molecule has 1 saturated heterocycles. The third-order valence-corrected chi connectivity index (χ3v) is 6.56. The summed E-state index contributed by atoms with van der Waals surface area (Å²) >= 11 is 1.25. The summed E-state index contributed by atoms with van der Waals surface area (Å²) in [7, 11) is -3.36. The van der Waals surface area contributed by atoms with Crippen molar-refractivity contribution < 1.29 is 13.6 Å². The molecule has 0 bridgehead atoms. The van der Waals surface area contributed by atoms with Gasteiger partial charge in [0.1, 0.15) is 0 Å². The van der Waals surface area contributed by atoms with Gasteiger partial charge < -0.3 is 9.39 Å². The summed E-state index contributed by atoms with van der Waals surface area (Å²) in [5, 5.41) is 5.72. The molecular weight excluding hydrogens is 272 g/mol. The minimum atomic E-state index is -3.36. The molecule has 0 radical (unpaired) electrons. The van der Waals surface area contributed by atoms with Crippen molar-refractivity contribution in [2.75, 3.05) is 13.1 Å². The van der Waals surface area contributed by atoms with E-state index in [9.17, 15) is 8.76 Å². The number of oxime groups is 1. The van der Waals surface area contributed by atoms with Gasteiger partial charge in [0, 0.05) is 25.5 Å². The third-order valence-electron chi connectivity index (χ3n) is 3.34. The van der Waals surface area contributed by atoms with Gasteiger partial charge in [-0.05, 0) is 18.4 Å². The molecule has 0 aliphatic carbocycles. The van der Waals surface area contributed by atoms with Crippen LogP contribution < -0.4 is 0 Å². The smallest absolute Gasteiger partial charge is 0.229 e. The van der Waals surface area contributed by atoms with E-state index < -0.39 is 16.0 Å². The normalized spacial score (nSPS) is 31.3. The highest BCUT2D eigenvalue weighted by atomic mass is 32.3. The van der Waals surface area contributed by atoms with Crippen molar-refractivity contribution in [3.05, 3.63) is 17.5 Å². The van der Waals surface area contributed by atoms with Gasteiger partial charge in [0.2, 0.25) is 4.21 Å². The van der Waals surface area contributed by atoms with Gasteiger partial charge >= 0.3 is 0 Å². The molecule has 0 amide bonds. The van der Waals surface area contributed by atoms with E-state index in [-0.39, 0.29) is 0 Å². The fourth-order valence-corrected chi connectivity index (χ4v) is 5.13. The van der Waals surface area contributed by atoms with Gasteiger partial charge in [0.05, 0.1) is 12.3 Å². The van der Waals surface area contributed by atoms with Crippen LogP contribution in [-0.2, 0) is 19.4 Å². The Morgan fingerprint density at radius 2 is 2.50 bits per heavy atom. The van der Waals surface area contributed by atoms with Gasteiger partial charge in [-0.2, -0.15) is 0 Å². The summed E-state index contributed by atoms with van der Waals surface area (Å²) in [4.78, 5) is 5.44. The number of nitrogens with zero attached hydrogens (tertiary/aromatic N) is 2. The molecule has 98 valence electrons. The Kier molecular flexibility index (Phi) is 2.81. The maximum atomic E-state index is 12.4. The average molecular weight is 286 g/mol. The van der Waals surface area contributed by atoms with Crippen molar-refractivity contribution in [3.63, 3.8) is 0 Å². The van der Waals surface area contributed by atoms with Crippen LogP contribution in [0.3, 0.4) is 0 Å².